The van der Waals surface area contributed by atoms with Crippen LogP contribution in [0.2, 0.25) is 0 Å². The molecule has 0 amide bonds. The van der Waals surface area contributed by atoms with Crippen LogP contribution >= 0.6 is 0 Å². The lowest BCUT2D eigenvalue weighted by Crippen LogP contribution is -2.17. The van der Waals surface area contributed by atoms with Gasteiger partial charge in [-0.05, 0) is 82.3 Å². The number of ether oxygens (including phenoxy) is 2. The summed E-state index contributed by atoms with van der Waals surface area (Å²) >= 11 is 0. The van der Waals surface area contributed by atoms with Crippen LogP contribution in [0.4, 0.5) is 4.39 Å². The van der Waals surface area contributed by atoms with Crippen LogP contribution in [0, 0.1) is 11.7 Å². The first-order chi connectivity index (χ1) is 16.6. The predicted octanol–water partition coefficient (Wildman–Crippen LogP) is 7.13. The largest absolute Gasteiger partial charge is 0.497 e. The topological polar surface area (TPSA) is 55.8 Å². The number of aliphatic carboxylic acids is 1. The van der Waals surface area contributed by atoms with Crippen molar-refractivity contribution in [2.24, 2.45) is 5.92 Å². The van der Waals surface area contributed by atoms with Crippen LogP contribution < -0.4 is 9.47 Å². The first-order valence-electron chi connectivity index (χ1n) is 12.0. The molecule has 0 radical (unpaired) electrons. The zero-order chi connectivity index (χ0) is 25.3. The van der Waals surface area contributed by atoms with Gasteiger partial charge in [-0.2, -0.15) is 0 Å². The van der Waals surface area contributed by atoms with Crippen molar-refractivity contribution in [1.82, 2.24) is 0 Å². The van der Waals surface area contributed by atoms with Crippen LogP contribution in [-0.4, -0.2) is 18.2 Å². The van der Waals surface area contributed by atoms with Crippen molar-refractivity contribution in [3.05, 3.63) is 82.7 Å². The number of benzene rings is 3. The van der Waals surface area contributed by atoms with Gasteiger partial charge in [0.05, 0.1) is 13.0 Å². The Bertz CT molecular complexity index is 1240. The average Bonchev–Trinajstić information content (AvgIpc) is 3.25. The number of carboxylic acids is 1. The van der Waals surface area contributed by atoms with E-state index in [9.17, 15) is 14.3 Å². The summed E-state index contributed by atoms with van der Waals surface area (Å²) in [6.07, 6.45) is 1.72. The summed E-state index contributed by atoms with van der Waals surface area (Å²) < 4.78 is 26.2. The average molecular weight is 477 g/mol. The van der Waals surface area contributed by atoms with Crippen molar-refractivity contribution in [1.29, 1.82) is 0 Å². The minimum atomic E-state index is -0.755. The van der Waals surface area contributed by atoms with Gasteiger partial charge in [0.1, 0.15) is 23.9 Å². The summed E-state index contributed by atoms with van der Waals surface area (Å²) in [6.45, 7) is 8.51. The second-order valence-electron chi connectivity index (χ2n) is 10.4. The number of hydrogen-bond donors (Lipinski definition) is 1. The number of aryl methyl sites for hydroxylation is 1. The van der Waals surface area contributed by atoms with E-state index in [0.29, 0.717) is 17.9 Å². The molecule has 2 atom stereocenters. The van der Waals surface area contributed by atoms with E-state index >= 15 is 0 Å². The van der Waals surface area contributed by atoms with E-state index in [1.54, 1.807) is 26.2 Å². The Morgan fingerprint density at radius 3 is 2.49 bits per heavy atom. The standard InChI is InChI=1S/C30H33FO4/c1-18(29(32)33)23-11-7-20-15-22(8-12-24(20)23)35-17-19-6-10-25(27(14-19)30(2,3)4)26-16-21(34-5)9-13-28(26)31/h6,8-10,12-16,18,23H,7,11,17H2,1-5H3,(H,32,33)/t18?,23-/m0/s1. The van der Waals surface area contributed by atoms with Gasteiger partial charge in [-0.1, -0.05) is 52.0 Å². The summed E-state index contributed by atoms with van der Waals surface area (Å²) in [5.74, 6) is 0.00384. The van der Waals surface area contributed by atoms with Gasteiger partial charge < -0.3 is 14.6 Å². The molecule has 0 aliphatic heterocycles. The van der Waals surface area contributed by atoms with E-state index in [1.165, 1.54) is 11.6 Å². The Morgan fingerprint density at radius 1 is 1.06 bits per heavy atom. The van der Waals surface area contributed by atoms with Gasteiger partial charge in [-0.25, -0.2) is 4.39 Å². The first kappa shape index (κ1) is 24.8. The molecule has 3 aromatic carbocycles. The van der Waals surface area contributed by atoms with Crippen molar-refractivity contribution in [3.63, 3.8) is 0 Å². The third kappa shape index (κ3) is 5.19. The molecule has 35 heavy (non-hydrogen) atoms. The highest BCUT2D eigenvalue weighted by atomic mass is 19.1. The van der Waals surface area contributed by atoms with Gasteiger partial charge in [-0.3, -0.25) is 4.79 Å². The van der Waals surface area contributed by atoms with Gasteiger partial charge in [0, 0.05) is 5.56 Å². The summed E-state index contributed by atoms with van der Waals surface area (Å²) in [4.78, 5) is 11.4. The summed E-state index contributed by atoms with van der Waals surface area (Å²) in [7, 11) is 1.58. The zero-order valence-corrected chi connectivity index (χ0v) is 21.0. The van der Waals surface area contributed by atoms with E-state index in [2.05, 4.69) is 26.8 Å². The van der Waals surface area contributed by atoms with Crippen molar-refractivity contribution < 1.29 is 23.8 Å². The molecule has 1 aliphatic rings. The molecule has 0 heterocycles. The van der Waals surface area contributed by atoms with E-state index in [0.717, 1.165) is 40.8 Å². The number of carbonyl (C=O) groups is 1. The second kappa shape index (κ2) is 9.73. The highest BCUT2D eigenvalue weighted by molar-refractivity contribution is 5.72. The van der Waals surface area contributed by atoms with Crippen LogP contribution in [0.25, 0.3) is 11.1 Å². The lowest BCUT2D eigenvalue weighted by molar-refractivity contribution is -0.141. The third-order valence-electron chi connectivity index (χ3n) is 6.99. The molecular formula is C30H33FO4. The molecule has 1 N–H and O–H groups in total. The van der Waals surface area contributed by atoms with Gasteiger partial charge in [0.2, 0.25) is 0 Å². The molecule has 3 aromatic rings. The fourth-order valence-corrected chi connectivity index (χ4v) is 4.95. The Kier molecular flexibility index (Phi) is 6.88. The number of methoxy groups -OCH3 is 1. The Morgan fingerprint density at radius 2 is 1.80 bits per heavy atom. The van der Waals surface area contributed by atoms with Crippen molar-refractivity contribution in [2.45, 2.75) is 58.5 Å². The highest BCUT2D eigenvalue weighted by Gasteiger charge is 2.31. The van der Waals surface area contributed by atoms with E-state index in [-0.39, 0.29) is 17.2 Å². The van der Waals surface area contributed by atoms with E-state index in [4.69, 9.17) is 9.47 Å². The van der Waals surface area contributed by atoms with Crippen molar-refractivity contribution >= 4 is 5.97 Å². The quantitative estimate of drug-likeness (QED) is 0.394. The molecule has 0 saturated heterocycles. The number of halogens is 1. The smallest absolute Gasteiger partial charge is 0.306 e. The van der Waals surface area contributed by atoms with Crippen LogP contribution in [0.15, 0.2) is 54.6 Å². The third-order valence-corrected chi connectivity index (χ3v) is 6.99. The normalized spacial score (nSPS) is 16.0. The number of fused-ring (bicyclic) bond motifs is 1. The molecule has 0 bridgehead atoms. The second-order valence-corrected chi connectivity index (χ2v) is 10.4. The highest BCUT2D eigenvalue weighted by Crippen LogP contribution is 2.40. The maximum atomic E-state index is 14.7. The predicted molar refractivity (Wildman–Crippen MR) is 136 cm³/mol. The first-order valence-corrected chi connectivity index (χ1v) is 12.0. The maximum Gasteiger partial charge on any atom is 0.306 e. The van der Waals surface area contributed by atoms with Crippen LogP contribution in [-0.2, 0) is 23.2 Å². The van der Waals surface area contributed by atoms with Gasteiger partial charge >= 0.3 is 5.97 Å². The van der Waals surface area contributed by atoms with E-state index < -0.39 is 11.9 Å². The van der Waals surface area contributed by atoms with Crippen LogP contribution in [0.3, 0.4) is 0 Å². The Hall–Kier alpha value is -3.34. The fourth-order valence-electron chi connectivity index (χ4n) is 4.95. The molecule has 0 spiro atoms. The lowest BCUT2D eigenvalue weighted by Gasteiger charge is -2.24. The van der Waals surface area contributed by atoms with Gasteiger partial charge in [0.15, 0.2) is 0 Å². The molecule has 4 nitrogen and oxygen atoms in total. The Labute approximate surface area is 206 Å². The molecule has 0 saturated carbocycles. The summed E-state index contributed by atoms with van der Waals surface area (Å²) in [6, 6.07) is 16.8. The zero-order valence-electron chi connectivity index (χ0n) is 21.0. The molecule has 0 fully saturated rings. The minimum absolute atomic E-state index is 0.0513. The molecule has 1 aliphatic carbocycles. The van der Waals surface area contributed by atoms with Crippen molar-refractivity contribution in [2.75, 3.05) is 7.11 Å². The van der Waals surface area contributed by atoms with Gasteiger partial charge in [-0.15, -0.1) is 0 Å². The molecule has 0 aromatic heterocycles. The Balaban J connectivity index is 1.57. The van der Waals surface area contributed by atoms with Crippen molar-refractivity contribution in [3.8, 4) is 22.6 Å². The fraction of sp³-hybridized carbons (Fsp3) is 0.367. The summed E-state index contributed by atoms with van der Waals surface area (Å²) in [5.41, 5.74) is 5.47. The molecular weight excluding hydrogens is 443 g/mol. The molecule has 1 unspecified atom stereocenters. The monoisotopic (exact) mass is 476 g/mol. The molecule has 4 rings (SSSR count). The number of hydrogen-bond acceptors (Lipinski definition) is 3. The van der Waals surface area contributed by atoms with Crippen LogP contribution in [0.5, 0.6) is 11.5 Å². The maximum absolute atomic E-state index is 14.7. The lowest BCUT2D eigenvalue weighted by atomic mass is 9.81. The van der Waals surface area contributed by atoms with Gasteiger partial charge in [0.25, 0.3) is 0 Å². The minimum Gasteiger partial charge on any atom is -0.497 e. The summed E-state index contributed by atoms with van der Waals surface area (Å²) in [5, 5.41) is 9.39. The SMILES string of the molecule is COc1ccc(F)c(-c2ccc(COc3ccc4c(c3)CC[C@H]4C(C)C(=O)O)cc2C(C)(C)C)c1. The van der Waals surface area contributed by atoms with E-state index in [1.807, 2.05) is 30.3 Å². The molecule has 5 heteroatoms. The molecule has 184 valence electrons. The van der Waals surface area contributed by atoms with Crippen LogP contribution in [0.1, 0.15) is 62.3 Å². The number of carboxylic acid groups (broad SMARTS) is 1. The number of rotatable bonds is 7.